The van der Waals surface area contributed by atoms with Crippen LogP contribution in [0.3, 0.4) is 0 Å². The number of rotatable bonds is 4. The second kappa shape index (κ2) is 9.57. The number of ether oxygens (including phenoxy) is 1. The van der Waals surface area contributed by atoms with Crippen LogP contribution in [0.1, 0.15) is 49.4 Å². The first-order chi connectivity index (χ1) is 13.6. The zero-order chi connectivity index (χ0) is 19.9. The van der Waals surface area contributed by atoms with Crippen LogP contribution >= 0.6 is 0 Å². The van der Waals surface area contributed by atoms with Gasteiger partial charge in [-0.05, 0) is 31.9 Å². The van der Waals surface area contributed by atoms with Crippen LogP contribution in [-0.2, 0) is 9.53 Å². The fraction of sp³-hybridized carbons (Fsp3) is 0.571. The molecule has 1 aromatic carbocycles. The van der Waals surface area contributed by atoms with Gasteiger partial charge in [-0.15, -0.1) is 0 Å². The molecule has 7 heteroatoms. The number of anilines is 1. The first-order valence-electron chi connectivity index (χ1n) is 10.2. The van der Waals surface area contributed by atoms with Gasteiger partial charge >= 0.3 is 12.0 Å². The number of carbonyl (C=O) groups excluding carboxylic acids is 3. The Morgan fingerprint density at radius 2 is 1.64 bits per heavy atom. The van der Waals surface area contributed by atoms with Crippen molar-refractivity contribution in [1.82, 2.24) is 9.80 Å². The molecule has 1 aliphatic carbocycles. The maximum atomic E-state index is 12.7. The van der Waals surface area contributed by atoms with Crippen molar-refractivity contribution in [3.8, 4) is 0 Å². The number of nitrogens with one attached hydrogen (secondary N) is 1. The number of benzene rings is 1. The highest BCUT2D eigenvalue weighted by atomic mass is 16.5. The normalized spacial score (nSPS) is 17.9. The molecule has 0 bridgehead atoms. The van der Waals surface area contributed by atoms with Crippen molar-refractivity contribution >= 4 is 23.6 Å². The lowest BCUT2D eigenvalue weighted by Crippen LogP contribution is -2.53. The van der Waals surface area contributed by atoms with Gasteiger partial charge in [0.15, 0.2) is 0 Å². The number of hydrogen-bond acceptors (Lipinski definition) is 4. The van der Waals surface area contributed by atoms with Gasteiger partial charge in [-0.1, -0.05) is 31.4 Å². The summed E-state index contributed by atoms with van der Waals surface area (Å²) < 4.78 is 5.05. The first kappa shape index (κ1) is 20.2. The maximum Gasteiger partial charge on any atom is 0.340 e. The molecule has 1 heterocycles. The molecule has 0 unspecified atom stereocenters. The highest BCUT2D eigenvalue weighted by Crippen LogP contribution is 2.26. The maximum absolute atomic E-state index is 12.7. The number of carbonyl (C=O) groups is 3. The molecule has 7 nitrogen and oxygen atoms in total. The van der Waals surface area contributed by atoms with Crippen LogP contribution in [0, 0.1) is 5.92 Å². The minimum atomic E-state index is -0.457. The Hall–Kier alpha value is -2.57. The molecule has 3 rings (SSSR count). The number of urea groups is 1. The molecule has 2 aliphatic rings. The van der Waals surface area contributed by atoms with Gasteiger partial charge in [-0.2, -0.15) is 0 Å². The number of hydrogen-bond donors (Lipinski definition) is 1. The molecule has 0 atom stereocenters. The molecule has 152 valence electrons. The van der Waals surface area contributed by atoms with Crippen LogP contribution in [0.5, 0.6) is 0 Å². The molecule has 0 aromatic heterocycles. The van der Waals surface area contributed by atoms with Gasteiger partial charge in [0, 0.05) is 32.1 Å². The summed E-state index contributed by atoms with van der Waals surface area (Å²) >= 11 is 0. The molecular formula is C21H29N3O4. The molecule has 1 aliphatic heterocycles. The van der Waals surface area contributed by atoms with E-state index < -0.39 is 5.97 Å². The molecule has 0 radical (unpaired) electrons. The second-order valence-electron chi connectivity index (χ2n) is 7.34. The number of piperazine rings is 1. The van der Waals surface area contributed by atoms with Gasteiger partial charge in [0.2, 0.25) is 5.91 Å². The summed E-state index contributed by atoms with van der Waals surface area (Å²) in [4.78, 5) is 40.9. The zero-order valence-corrected chi connectivity index (χ0v) is 16.5. The summed E-state index contributed by atoms with van der Waals surface area (Å²) in [6, 6.07) is 6.56. The van der Waals surface area contributed by atoms with Gasteiger partial charge in [0.05, 0.1) is 17.9 Å². The second-order valence-corrected chi connectivity index (χ2v) is 7.34. The SMILES string of the molecule is CCOC(=O)c1ccccc1NC(=O)N1CCN(C(=O)C2CCCCC2)CC1. The van der Waals surface area contributed by atoms with Crippen molar-refractivity contribution in [1.29, 1.82) is 0 Å². The topological polar surface area (TPSA) is 79.0 Å². The Morgan fingerprint density at radius 3 is 2.32 bits per heavy atom. The third-order valence-corrected chi connectivity index (χ3v) is 5.50. The van der Waals surface area contributed by atoms with E-state index in [0.717, 1.165) is 25.7 Å². The van der Waals surface area contributed by atoms with Gasteiger partial charge in [-0.3, -0.25) is 4.79 Å². The monoisotopic (exact) mass is 387 g/mol. The average Bonchev–Trinajstić information content (AvgIpc) is 2.74. The Bertz CT molecular complexity index is 707. The van der Waals surface area contributed by atoms with E-state index in [9.17, 15) is 14.4 Å². The van der Waals surface area contributed by atoms with Crippen LogP contribution in [0.25, 0.3) is 0 Å². The van der Waals surface area contributed by atoms with Crippen molar-refractivity contribution in [2.45, 2.75) is 39.0 Å². The number of nitrogens with zero attached hydrogens (tertiary/aromatic N) is 2. The molecule has 1 aromatic rings. The summed E-state index contributed by atoms with van der Waals surface area (Å²) in [5, 5.41) is 2.81. The largest absolute Gasteiger partial charge is 0.462 e. The third kappa shape index (κ3) is 4.82. The van der Waals surface area contributed by atoms with Gasteiger partial charge in [0.25, 0.3) is 0 Å². The molecule has 1 N–H and O–H groups in total. The molecule has 1 saturated heterocycles. The van der Waals surface area contributed by atoms with E-state index in [0.29, 0.717) is 37.4 Å². The van der Waals surface area contributed by atoms with Crippen molar-refractivity contribution in [3.05, 3.63) is 29.8 Å². The van der Waals surface area contributed by atoms with Gasteiger partial charge in [-0.25, -0.2) is 9.59 Å². The van der Waals surface area contributed by atoms with Crippen molar-refractivity contribution < 1.29 is 19.1 Å². The summed E-state index contributed by atoms with van der Waals surface area (Å²) in [7, 11) is 0. The standard InChI is InChI=1S/C21H29N3O4/c1-2-28-20(26)17-10-6-7-11-18(17)22-21(27)24-14-12-23(13-15-24)19(25)16-8-4-3-5-9-16/h6-7,10-11,16H,2-5,8-9,12-15H2,1H3,(H,22,27). The van der Waals surface area contributed by atoms with Crippen LogP contribution in [0.15, 0.2) is 24.3 Å². The van der Waals surface area contributed by atoms with Crippen molar-refractivity contribution in [2.75, 3.05) is 38.1 Å². The number of esters is 1. The molecule has 2 fully saturated rings. The quantitative estimate of drug-likeness (QED) is 0.805. The van der Waals surface area contributed by atoms with E-state index in [4.69, 9.17) is 4.74 Å². The van der Waals surface area contributed by atoms with Gasteiger partial charge in [0.1, 0.15) is 0 Å². The fourth-order valence-electron chi connectivity index (χ4n) is 3.91. The molecule has 1 saturated carbocycles. The van der Waals surface area contributed by atoms with E-state index in [2.05, 4.69) is 5.32 Å². The van der Waals surface area contributed by atoms with Crippen LogP contribution in [0.2, 0.25) is 0 Å². The Morgan fingerprint density at radius 1 is 1.00 bits per heavy atom. The Labute approximate surface area is 166 Å². The predicted molar refractivity (Wildman–Crippen MR) is 106 cm³/mol. The highest BCUT2D eigenvalue weighted by molar-refractivity contribution is 6.00. The number of para-hydroxylation sites is 1. The lowest BCUT2D eigenvalue weighted by Gasteiger charge is -2.37. The molecule has 0 spiro atoms. The van der Waals surface area contributed by atoms with E-state index in [-0.39, 0.29) is 24.5 Å². The molecule has 3 amide bonds. The van der Waals surface area contributed by atoms with E-state index >= 15 is 0 Å². The van der Waals surface area contributed by atoms with Gasteiger partial charge < -0.3 is 19.9 Å². The highest BCUT2D eigenvalue weighted by Gasteiger charge is 2.30. The minimum Gasteiger partial charge on any atom is -0.462 e. The molecular weight excluding hydrogens is 358 g/mol. The van der Waals surface area contributed by atoms with E-state index in [1.165, 1.54) is 6.42 Å². The average molecular weight is 387 g/mol. The summed E-state index contributed by atoms with van der Waals surface area (Å²) in [5.74, 6) is -0.0562. The van der Waals surface area contributed by atoms with E-state index in [1.54, 1.807) is 36.1 Å². The lowest BCUT2D eigenvalue weighted by molar-refractivity contribution is -0.138. The van der Waals surface area contributed by atoms with Crippen molar-refractivity contribution in [2.24, 2.45) is 5.92 Å². The summed E-state index contributed by atoms with van der Waals surface area (Å²) in [5.41, 5.74) is 0.774. The number of amides is 3. The molecule has 28 heavy (non-hydrogen) atoms. The Balaban J connectivity index is 1.54. The Kier molecular flexibility index (Phi) is 6.90. The van der Waals surface area contributed by atoms with Crippen LogP contribution in [0.4, 0.5) is 10.5 Å². The minimum absolute atomic E-state index is 0.158. The van der Waals surface area contributed by atoms with Crippen molar-refractivity contribution in [3.63, 3.8) is 0 Å². The summed E-state index contributed by atoms with van der Waals surface area (Å²) in [6.07, 6.45) is 5.48. The van der Waals surface area contributed by atoms with E-state index in [1.807, 2.05) is 4.90 Å². The first-order valence-corrected chi connectivity index (χ1v) is 10.2. The fourth-order valence-corrected chi connectivity index (χ4v) is 3.91. The lowest BCUT2D eigenvalue weighted by atomic mass is 9.88. The third-order valence-electron chi connectivity index (χ3n) is 5.50. The predicted octanol–water partition coefficient (Wildman–Crippen LogP) is 3.12. The van der Waals surface area contributed by atoms with Crippen LogP contribution < -0.4 is 5.32 Å². The smallest absolute Gasteiger partial charge is 0.340 e. The van der Waals surface area contributed by atoms with Crippen LogP contribution in [-0.4, -0.2) is 60.5 Å². The summed E-state index contributed by atoms with van der Waals surface area (Å²) in [6.45, 7) is 4.12. The zero-order valence-electron chi connectivity index (χ0n) is 16.5.